The van der Waals surface area contributed by atoms with Gasteiger partial charge >= 0.3 is 0 Å². The van der Waals surface area contributed by atoms with E-state index >= 15 is 0 Å². The zero-order chi connectivity index (χ0) is 24.1. The van der Waals surface area contributed by atoms with Crippen LogP contribution in [0.2, 0.25) is 0 Å². The Morgan fingerprint density at radius 3 is 2.71 bits per heavy atom. The van der Waals surface area contributed by atoms with E-state index in [0.717, 1.165) is 50.9 Å². The number of halogens is 1. The normalized spacial score (nSPS) is 14.8. The number of pyridine rings is 2. The third kappa shape index (κ3) is 4.04. The van der Waals surface area contributed by atoms with Gasteiger partial charge in [0.1, 0.15) is 16.1 Å². The Morgan fingerprint density at radius 2 is 1.94 bits per heavy atom. The molecule has 1 saturated carbocycles. The van der Waals surface area contributed by atoms with Crippen molar-refractivity contribution in [1.29, 1.82) is 0 Å². The molecule has 1 fully saturated rings. The number of hydrogen-bond acceptors (Lipinski definition) is 6. The zero-order valence-electron chi connectivity index (χ0n) is 19.1. The fourth-order valence-electron chi connectivity index (χ4n) is 4.44. The molecule has 8 nitrogen and oxygen atoms in total. The fraction of sp³-hybridized carbons (Fsp3) is 0.269. The summed E-state index contributed by atoms with van der Waals surface area (Å²) in [6.07, 6.45) is 6.96. The molecule has 0 radical (unpaired) electrons. The van der Waals surface area contributed by atoms with Gasteiger partial charge in [-0.15, -0.1) is 0 Å². The maximum absolute atomic E-state index is 13.6. The summed E-state index contributed by atoms with van der Waals surface area (Å²) in [5, 5.41) is 1.03. The summed E-state index contributed by atoms with van der Waals surface area (Å²) in [6.45, 7) is 1.29. The molecule has 9 heteroatoms. The minimum atomic E-state index is -0.327. The Hall–Kier alpha value is -3.43. The highest BCUT2D eigenvalue weighted by Crippen LogP contribution is 2.37. The lowest BCUT2D eigenvalue weighted by Crippen LogP contribution is -2.36. The summed E-state index contributed by atoms with van der Waals surface area (Å²) in [5.41, 5.74) is 4.25. The van der Waals surface area contributed by atoms with Gasteiger partial charge in [-0.2, -0.15) is 0 Å². The van der Waals surface area contributed by atoms with Gasteiger partial charge in [0.2, 0.25) is 0 Å². The minimum absolute atomic E-state index is 0.200. The van der Waals surface area contributed by atoms with E-state index in [1.165, 1.54) is 9.47 Å². The fourth-order valence-corrected chi connectivity index (χ4v) is 4.99. The van der Waals surface area contributed by atoms with Crippen LogP contribution >= 0.6 is 15.9 Å². The Kier molecular flexibility index (Phi) is 5.46. The van der Waals surface area contributed by atoms with Crippen LogP contribution in [-0.4, -0.2) is 25.4 Å². The Labute approximate surface area is 209 Å². The lowest BCUT2D eigenvalue weighted by atomic mass is 10.0. The van der Waals surface area contributed by atoms with Crippen molar-refractivity contribution < 1.29 is 9.53 Å². The number of ether oxygens (including phenoxy) is 1. The first kappa shape index (κ1) is 22.1. The smallest absolute Gasteiger partial charge is 0.274 e. The van der Waals surface area contributed by atoms with Crippen LogP contribution in [0, 0.1) is 0 Å². The van der Waals surface area contributed by atoms with Crippen LogP contribution in [0.3, 0.4) is 0 Å². The zero-order valence-corrected chi connectivity index (χ0v) is 20.7. The molecule has 0 saturated heterocycles. The largest absolute Gasteiger partial charge is 0.372 e. The molecule has 0 N–H and O–H groups in total. The molecule has 4 aromatic rings. The maximum Gasteiger partial charge on any atom is 0.274 e. The lowest BCUT2D eigenvalue weighted by Gasteiger charge is -2.23. The van der Waals surface area contributed by atoms with Crippen LogP contribution in [-0.2, 0) is 31.5 Å². The molecule has 0 bridgehead atoms. The number of nitrogens with zero attached hydrogens (tertiary/aromatic N) is 5. The summed E-state index contributed by atoms with van der Waals surface area (Å²) < 4.78 is 7.85. The Morgan fingerprint density at radius 1 is 1.17 bits per heavy atom. The van der Waals surface area contributed by atoms with E-state index in [0.29, 0.717) is 30.4 Å². The third-order valence-corrected chi connectivity index (χ3v) is 7.21. The number of carbonyl (C=O) groups excluding carboxylic acids is 1. The average Bonchev–Trinajstić information content (AvgIpc) is 3.60. The first-order valence-corrected chi connectivity index (χ1v) is 12.3. The molecular formula is C26H22BrN5O3. The molecular weight excluding hydrogens is 510 g/mol. The highest BCUT2D eigenvalue weighted by atomic mass is 79.9. The number of hydrogen-bond donors (Lipinski definition) is 0. The molecule has 4 heterocycles. The van der Waals surface area contributed by atoms with Crippen LogP contribution in [0.15, 0.2) is 58.3 Å². The SMILES string of the molecule is Cn1cccc(N(Cc2ccc3c4c(c(Br)nc3c2)COC4)C(=O)c2cnc(C3CC3)nc2)c1=O. The van der Waals surface area contributed by atoms with Gasteiger partial charge in [0.15, 0.2) is 0 Å². The molecule has 1 aliphatic heterocycles. The van der Waals surface area contributed by atoms with E-state index < -0.39 is 0 Å². The van der Waals surface area contributed by atoms with Crippen LogP contribution in [0.4, 0.5) is 5.69 Å². The summed E-state index contributed by atoms with van der Waals surface area (Å²) in [4.78, 5) is 41.6. The van der Waals surface area contributed by atoms with Crippen molar-refractivity contribution in [1.82, 2.24) is 19.5 Å². The lowest BCUT2D eigenvalue weighted by molar-refractivity contribution is 0.0984. The molecule has 3 aromatic heterocycles. The summed E-state index contributed by atoms with van der Waals surface area (Å²) in [5.74, 6) is 0.839. The van der Waals surface area contributed by atoms with Gasteiger partial charge in [-0.05, 0) is 58.1 Å². The number of fused-ring (bicyclic) bond motifs is 3. The molecule has 35 heavy (non-hydrogen) atoms. The second-order valence-electron chi connectivity index (χ2n) is 9.01. The van der Waals surface area contributed by atoms with E-state index in [1.54, 1.807) is 37.8 Å². The number of aryl methyl sites for hydroxylation is 1. The molecule has 0 atom stereocenters. The third-order valence-electron chi connectivity index (χ3n) is 6.55. The van der Waals surface area contributed by atoms with Crippen molar-refractivity contribution in [3.63, 3.8) is 0 Å². The predicted molar refractivity (Wildman–Crippen MR) is 134 cm³/mol. The molecule has 1 aliphatic carbocycles. The van der Waals surface area contributed by atoms with Crippen LogP contribution in [0.25, 0.3) is 10.9 Å². The molecule has 6 rings (SSSR count). The number of anilines is 1. The first-order valence-electron chi connectivity index (χ1n) is 11.5. The second-order valence-corrected chi connectivity index (χ2v) is 9.76. The average molecular weight is 532 g/mol. The Bertz CT molecular complexity index is 1530. The predicted octanol–water partition coefficient (Wildman–Crippen LogP) is 4.24. The van der Waals surface area contributed by atoms with Gasteiger partial charge in [-0.3, -0.25) is 14.5 Å². The van der Waals surface area contributed by atoms with Crippen LogP contribution in [0.5, 0.6) is 0 Å². The number of rotatable bonds is 5. The van der Waals surface area contributed by atoms with Crippen molar-refractivity contribution >= 4 is 38.4 Å². The van der Waals surface area contributed by atoms with Crippen molar-refractivity contribution in [3.8, 4) is 0 Å². The van der Waals surface area contributed by atoms with Crippen molar-refractivity contribution in [3.05, 3.63) is 92.0 Å². The summed E-state index contributed by atoms with van der Waals surface area (Å²) in [7, 11) is 1.67. The van der Waals surface area contributed by atoms with Crippen molar-refractivity contribution in [2.24, 2.45) is 7.05 Å². The number of amides is 1. The molecule has 1 amide bonds. The van der Waals surface area contributed by atoms with E-state index in [1.807, 2.05) is 18.2 Å². The topological polar surface area (TPSA) is 90.2 Å². The number of aromatic nitrogens is 4. The maximum atomic E-state index is 13.6. The Balaban J connectivity index is 1.39. The highest BCUT2D eigenvalue weighted by molar-refractivity contribution is 9.10. The molecule has 176 valence electrons. The van der Waals surface area contributed by atoms with E-state index in [9.17, 15) is 9.59 Å². The van der Waals surface area contributed by atoms with Crippen molar-refractivity contribution in [2.45, 2.75) is 38.5 Å². The standard InChI is InChI=1S/C26H22BrN5O3/c1-31-8-2-3-22(26(31)34)32(25(33)17-10-28-24(29-11-17)16-5-6-16)12-15-4-7-18-19-13-35-14-20(19)23(27)30-21(18)9-15/h2-4,7-11,16H,5-6,12-14H2,1H3. The molecule has 1 aromatic carbocycles. The number of carbonyl (C=O) groups is 1. The number of benzene rings is 1. The van der Waals surface area contributed by atoms with Gasteiger partial charge < -0.3 is 9.30 Å². The van der Waals surface area contributed by atoms with Gasteiger partial charge in [0.25, 0.3) is 11.5 Å². The monoisotopic (exact) mass is 531 g/mol. The van der Waals surface area contributed by atoms with Crippen LogP contribution < -0.4 is 10.5 Å². The highest BCUT2D eigenvalue weighted by Gasteiger charge is 2.28. The van der Waals surface area contributed by atoms with Crippen LogP contribution in [0.1, 0.15) is 51.6 Å². The quantitative estimate of drug-likeness (QED) is 0.358. The van der Waals surface area contributed by atoms with E-state index in [4.69, 9.17) is 9.72 Å². The van der Waals surface area contributed by atoms with E-state index in [-0.39, 0.29) is 18.0 Å². The molecule has 0 spiro atoms. The van der Waals surface area contributed by atoms with Gasteiger partial charge in [-0.1, -0.05) is 12.1 Å². The molecule has 2 aliphatic rings. The molecule has 0 unspecified atom stereocenters. The van der Waals surface area contributed by atoms with Crippen molar-refractivity contribution in [2.75, 3.05) is 4.90 Å². The van der Waals surface area contributed by atoms with E-state index in [2.05, 4.69) is 25.9 Å². The second kappa shape index (κ2) is 8.66. The van der Waals surface area contributed by atoms with Gasteiger partial charge in [-0.25, -0.2) is 15.0 Å². The summed E-state index contributed by atoms with van der Waals surface area (Å²) in [6, 6.07) is 9.36. The minimum Gasteiger partial charge on any atom is -0.372 e. The van der Waals surface area contributed by atoms with Gasteiger partial charge in [0, 0.05) is 42.5 Å². The van der Waals surface area contributed by atoms with Gasteiger partial charge in [0.05, 0.1) is 30.8 Å². The first-order chi connectivity index (χ1) is 17.0. The summed E-state index contributed by atoms with van der Waals surface area (Å²) >= 11 is 3.56.